The fourth-order valence-corrected chi connectivity index (χ4v) is 2.33. The third-order valence-electron chi connectivity index (χ3n) is 3.31. The topological polar surface area (TPSA) is 87.3 Å². The quantitative estimate of drug-likeness (QED) is 0.687. The van der Waals surface area contributed by atoms with Crippen LogP contribution in [0.25, 0.3) is 0 Å². The Labute approximate surface area is 109 Å². The molecular formula is C13H13N3O3. The second kappa shape index (κ2) is 4.38. The minimum absolute atomic E-state index is 0.0495. The molecule has 1 aromatic carbocycles. The lowest BCUT2D eigenvalue weighted by Crippen LogP contribution is -2.36. The van der Waals surface area contributed by atoms with Crippen molar-refractivity contribution in [2.24, 2.45) is 0 Å². The van der Waals surface area contributed by atoms with E-state index < -0.39 is 0 Å². The Bertz CT molecular complexity index is 582. The zero-order valence-corrected chi connectivity index (χ0v) is 10.2. The summed E-state index contributed by atoms with van der Waals surface area (Å²) >= 11 is 0. The van der Waals surface area contributed by atoms with E-state index in [1.807, 2.05) is 0 Å². The number of carbonyl (C=O) groups excluding carboxylic acids is 3. The van der Waals surface area contributed by atoms with Crippen LogP contribution in [-0.4, -0.2) is 30.3 Å². The van der Waals surface area contributed by atoms with Crippen LogP contribution in [0.1, 0.15) is 22.3 Å². The van der Waals surface area contributed by atoms with Gasteiger partial charge >= 0.3 is 0 Å². The summed E-state index contributed by atoms with van der Waals surface area (Å²) in [6, 6.07) is 4.97. The van der Waals surface area contributed by atoms with E-state index in [9.17, 15) is 14.4 Å². The first kappa shape index (κ1) is 11.7. The van der Waals surface area contributed by atoms with E-state index in [1.54, 1.807) is 18.2 Å². The van der Waals surface area contributed by atoms with Gasteiger partial charge in [-0.25, -0.2) is 0 Å². The van der Waals surface area contributed by atoms with Gasteiger partial charge in [0.25, 0.3) is 5.91 Å². The smallest absolute Gasteiger partial charge is 0.251 e. The summed E-state index contributed by atoms with van der Waals surface area (Å²) < 4.78 is 0. The highest BCUT2D eigenvalue weighted by Crippen LogP contribution is 2.24. The molecule has 0 aliphatic carbocycles. The third kappa shape index (κ3) is 2.29. The van der Waals surface area contributed by atoms with Crippen LogP contribution in [0.5, 0.6) is 0 Å². The average molecular weight is 259 g/mol. The molecule has 0 spiro atoms. The van der Waals surface area contributed by atoms with Gasteiger partial charge in [-0.1, -0.05) is 6.07 Å². The normalized spacial score (nSPS) is 20.7. The lowest BCUT2D eigenvalue weighted by Gasteiger charge is -2.11. The number of hydrogen-bond acceptors (Lipinski definition) is 3. The summed E-state index contributed by atoms with van der Waals surface area (Å²) in [6.07, 6.45) is 0.672. The molecule has 1 fully saturated rings. The van der Waals surface area contributed by atoms with Crippen molar-refractivity contribution in [2.75, 3.05) is 11.9 Å². The molecule has 1 atom stereocenters. The highest BCUT2D eigenvalue weighted by molar-refractivity contribution is 6.02. The molecule has 1 aromatic rings. The number of carbonyl (C=O) groups is 3. The van der Waals surface area contributed by atoms with Gasteiger partial charge in [-0.15, -0.1) is 0 Å². The summed E-state index contributed by atoms with van der Waals surface area (Å²) in [6.45, 7) is 0.465. The molecule has 0 radical (unpaired) electrons. The monoisotopic (exact) mass is 259 g/mol. The molecule has 0 aromatic heterocycles. The summed E-state index contributed by atoms with van der Waals surface area (Å²) in [7, 11) is 0. The SMILES string of the molecule is O=C1CC(NC(=O)c2ccc3c(c2)NC(=O)C3)CN1. The fraction of sp³-hybridized carbons (Fsp3) is 0.308. The molecule has 1 saturated heterocycles. The first-order chi connectivity index (χ1) is 9.11. The van der Waals surface area contributed by atoms with E-state index in [4.69, 9.17) is 0 Å². The highest BCUT2D eigenvalue weighted by Gasteiger charge is 2.24. The van der Waals surface area contributed by atoms with Crippen LogP contribution in [0.15, 0.2) is 18.2 Å². The maximum atomic E-state index is 12.0. The Morgan fingerprint density at radius 1 is 1.26 bits per heavy atom. The third-order valence-corrected chi connectivity index (χ3v) is 3.31. The Kier molecular flexibility index (Phi) is 2.70. The Morgan fingerprint density at radius 2 is 2.11 bits per heavy atom. The van der Waals surface area contributed by atoms with Crippen molar-refractivity contribution >= 4 is 23.4 Å². The fourth-order valence-electron chi connectivity index (χ4n) is 2.33. The molecule has 3 amide bonds. The van der Waals surface area contributed by atoms with Crippen molar-refractivity contribution in [3.8, 4) is 0 Å². The number of nitrogens with one attached hydrogen (secondary N) is 3. The first-order valence-corrected chi connectivity index (χ1v) is 6.12. The molecule has 0 saturated carbocycles. The second-order valence-electron chi connectivity index (χ2n) is 4.78. The average Bonchev–Trinajstić information content (AvgIpc) is 2.93. The van der Waals surface area contributed by atoms with E-state index in [2.05, 4.69) is 16.0 Å². The Morgan fingerprint density at radius 3 is 2.84 bits per heavy atom. The van der Waals surface area contributed by atoms with E-state index in [0.29, 0.717) is 30.6 Å². The van der Waals surface area contributed by atoms with Crippen LogP contribution in [0.2, 0.25) is 0 Å². The largest absolute Gasteiger partial charge is 0.354 e. The van der Waals surface area contributed by atoms with Crippen molar-refractivity contribution in [3.63, 3.8) is 0 Å². The molecule has 19 heavy (non-hydrogen) atoms. The van der Waals surface area contributed by atoms with Crippen LogP contribution in [-0.2, 0) is 16.0 Å². The molecule has 3 rings (SSSR count). The number of rotatable bonds is 2. The molecule has 1 unspecified atom stereocenters. The lowest BCUT2D eigenvalue weighted by atomic mass is 10.1. The van der Waals surface area contributed by atoms with Crippen molar-refractivity contribution in [2.45, 2.75) is 18.9 Å². The van der Waals surface area contributed by atoms with Gasteiger partial charge in [0.2, 0.25) is 11.8 Å². The summed E-state index contributed by atoms with van der Waals surface area (Å²) in [5, 5.41) is 8.16. The molecule has 6 nitrogen and oxygen atoms in total. The van der Waals surface area contributed by atoms with Gasteiger partial charge in [-0.3, -0.25) is 14.4 Å². The predicted molar refractivity (Wildman–Crippen MR) is 67.7 cm³/mol. The molecule has 3 N–H and O–H groups in total. The van der Waals surface area contributed by atoms with E-state index in [1.165, 1.54) is 0 Å². The number of anilines is 1. The second-order valence-corrected chi connectivity index (χ2v) is 4.78. The minimum atomic E-state index is -0.231. The van der Waals surface area contributed by atoms with Crippen molar-refractivity contribution in [3.05, 3.63) is 29.3 Å². The van der Waals surface area contributed by atoms with Gasteiger partial charge < -0.3 is 16.0 Å². The van der Waals surface area contributed by atoms with Crippen LogP contribution < -0.4 is 16.0 Å². The van der Waals surface area contributed by atoms with Gasteiger partial charge in [-0.05, 0) is 17.7 Å². The maximum Gasteiger partial charge on any atom is 0.251 e. The summed E-state index contributed by atoms with van der Waals surface area (Å²) in [5.41, 5.74) is 2.08. The number of amides is 3. The molecule has 98 valence electrons. The minimum Gasteiger partial charge on any atom is -0.354 e. The summed E-state index contributed by atoms with van der Waals surface area (Å²) in [5.74, 6) is -0.338. The molecule has 2 aliphatic rings. The van der Waals surface area contributed by atoms with Crippen LogP contribution in [0.3, 0.4) is 0 Å². The van der Waals surface area contributed by atoms with Crippen molar-refractivity contribution in [1.82, 2.24) is 10.6 Å². The summed E-state index contributed by atoms with van der Waals surface area (Å²) in [4.78, 5) is 34.3. The molecule has 2 heterocycles. The van der Waals surface area contributed by atoms with Gasteiger partial charge in [-0.2, -0.15) is 0 Å². The van der Waals surface area contributed by atoms with Crippen LogP contribution in [0, 0.1) is 0 Å². The van der Waals surface area contributed by atoms with Crippen molar-refractivity contribution in [1.29, 1.82) is 0 Å². The van der Waals surface area contributed by atoms with Crippen molar-refractivity contribution < 1.29 is 14.4 Å². The lowest BCUT2D eigenvalue weighted by molar-refractivity contribution is -0.119. The Balaban J connectivity index is 1.72. The molecule has 2 aliphatic heterocycles. The van der Waals surface area contributed by atoms with Gasteiger partial charge in [0.15, 0.2) is 0 Å². The van der Waals surface area contributed by atoms with E-state index in [-0.39, 0.29) is 23.8 Å². The maximum absolute atomic E-state index is 12.0. The zero-order valence-electron chi connectivity index (χ0n) is 10.2. The molecule has 6 heteroatoms. The van der Waals surface area contributed by atoms with Gasteiger partial charge in [0.05, 0.1) is 12.5 Å². The van der Waals surface area contributed by atoms with E-state index >= 15 is 0 Å². The van der Waals surface area contributed by atoms with E-state index in [0.717, 1.165) is 5.56 Å². The first-order valence-electron chi connectivity index (χ1n) is 6.12. The molecule has 0 bridgehead atoms. The number of fused-ring (bicyclic) bond motifs is 1. The van der Waals surface area contributed by atoms with Crippen LogP contribution >= 0.6 is 0 Å². The number of hydrogen-bond donors (Lipinski definition) is 3. The highest BCUT2D eigenvalue weighted by atomic mass is 16.2. The van der Waals surface area contributed by atoms with Gasteiger partial charge in [0, 0.05) is 24.2 Å². The predicted octanol–water partition coefficient (Wildman–Crippen LogP) is -0.201. The Hall–Kier alpha value is -2.37. The van der Waals surface area contributed by atoms with Crippen LogP contribution in [0.4, 0.5) is 5.69 Å². The zero-order chi connectivity index (χ0) is 13.4. The standard InChI is InChI=1S/C13H13N3O3/c17-11-5-9(6-14-11)15-13(19)8-2-1-7-4-12(18)16-10(7)3-8/h1-3,9H,4-6H2,(H,14,17)(H,15,19)(H,16,18). The molecular weight excluding hydrogens is 246 g/mol. The number of benzene rings is 1. The van der Waals surface area contributed by atoms with Gasteiger partial charge in [0.1, 0.15) is 0 Å².